The molecule has 3 aromatic rings. The number of fused-ring (bicyclic) bond motifs is 1. The number of rotatable bonds is 6. The molecule has 1 N–H and O–H groups in total. The normalized spacial score (nSPS) is 17.3. The number of amides is 1. The molecule has 1 fully saturated rings. The number of nitrogens with one attached hydrogen (secondary N) is 1. The number of pyridine rings is 1. The van der Waals surface area contributed by atoms with E-state index < -0.39 is 0 Å². The molecule has 1 amide bonds. The van der Waals surface area contributed by atoms with Gasteiger partial charge in [-0.15, -0.1) is 11.3 Å². The Kier molecular flexibility index (Phi) is 6.55. The Hall–Kier alpha value is -2.48. The van der Waals surface area contributed by atoms with Gasteiger partial charge in [0.1, 0.15) is 15.5 Å². The molecule has 0 unspecified atom stereocenters. The number of benzene rings is 1. The van der Waals surface area contributed by atoms with Crippen LogP contribution in [0.1, 0.15) is 46.3 Å². The zero-order chi connectivity index (χ0) is 22.0. The van der Waals surface area contributed by atoms with Gasteiger partial charge in [0, 0.05) is 48.4 Å². The Morgan fingerprint density at radius 3 is 2.97 bits per heavy atom. The van der Waals surface area contributed by atoms with Crippen LogP contribution >= 0.6 is 11.3 Å². The van der Waals surface area contributed by atoms with Crippen molar-refractivity contribution in [2.24, 2.45) is 0 Å². The van der Waals surface area contributed by atoms with Crippen molar-refractivity contribution in [3.63, 3.8) is 0 Å². The molecule has 1 saturated heterocycles. The van der Waals surface area contributed by atoms with E-state index >= 15 is 0 Å². The first kappa shape index (κ1) is 21.7. The number of morpholine rings is 1. The highest BCUT2D eigenvalue weighted by molar-refractivity contribution is 7.20. The molecule has 164 valence electrons. The smallest absolute Gasteiger partial charge is 0.262 e. The summed E-state index contributed by atoms with van der Waals surface area (Å²) < 4.78 is 11.8. The topological polar surface area (TPSA) is 63.7 Å². The predicted molar refractivity (Wildman–Crippen MR) is 124 cm³/mol. The van der Waals surface area contributed by atoms with Crippen LogP contribution in [0, 0.1) is 6.92 Å². The molecule has 0 radical (unpaired) electrons. The third-order valence-electron chi connectivity index (χ3n) is 5.49. The third-order valence-corrected chi connectivity index (χ3v) is 6.62. The maximum absolute atomic E-state index is 13.0. The minimum absolute atomic E-state index is 0.0610. The van der Waals surface area contributed by atoms with E-state index in [2.05, 4.69) is 40.3 Å². The fourth-order valence-electron chi connectivity index (χ4n) is 4.16. The second-order valence-corrected chi connectivity index (χ2v) is 9.19. The largest absolute Gasteiger partial charge is 0.496 e. The summed E-state index contributed by atoms with van der Waals surface area (Å²) in [5.41, 5.74) is 3.25. The quantitative estimate of drug-likeness (QED) is 0.620. The lowest BCUT2D eigenvalue weighted by Crippen LogP contribution is -2.38. The van der Waals surface area contributed by atoms with Crippen LogP contribution in [0.3, 0.4) is 0 Å². The molecule has 0 aliphatic carbocycles. The first-order valence-electron chi connectivity index (χ1n) is 10.6. The standard InChI is InChI=1S/C24H29N3O3S/c1-15(2)26-23(28)22-20(18-9-6-10-25-24(18)31-22)19-14-27(11-12-30-19)13-17-8-5-7-16(3)21(17)29-4/h5-10,15,19H,11-14H2,1-4H3,(H,26,28)/t19-/m1/s1. The molecular weight excluding hydrogens is 410 g/mol. The zero-order valence-electron chi connectivity index (χ0n) is 18.5. The third kappa shape index (κ3) is 4.59. The molecule has 0 spiro atoms. The Morgan fingerprint density at radius 1 is 1.35 bits per heavy atom. The Balaban J connectivity index is 1.64. The minimum Gasteiger partial charge on any atom is -0.496 e. The van der Waals surface area contributed by atoms with E-state index in [0.717, 1.165) is 45.7 Å². The van der Waals surface area contributed by atoms with Crippen molar-refractivity contribution in [3.8, 4) is 5.75 Å². The second kappa shape index (κ2) is 9.34. The van der Waals surface area contributed by atoms with Gasteiger partial charge in [-0.3, -0.25) is 9.69 Å². The number of carbonyl (C=O) groups is 1. The van der Waals surface area contributed by atoms with E-state index in [4.69, 9.17) is 9.47 Å². The van der Waals surface area contributed by atoms with Crippen LogP contribution in [0.4, 0.5) is 0 Å². The molecule has 1 aromatic carbocycles. The molecule has 1 aliphatic rings. The number of thiophene rings is 1. The monoisotopic (exact) mass is 439 g/mol. The number of aryl methyl sites for hydroxylation is 1. The summed E-state index contributed by atoms with van der Waals surface area (Å²) in [6.07, 6.45) is 1.58. The molecule has 0 bridgehead atoms. The average Bonchev–Trinajstić information content (AvgIpc) is 3.13. The highest BCUT2D eigenvalue weighted by Crippen LogP contribution is 2.38. The Morgan fingerprint density at radius 2 is 2.19 bits per heavy atom. The summed E-state index contributed by atoms with van der Waals surface area (Å²) in [4.78, 5) is 21.4. The molecule has 0 saturated carbocycles. The van der Waals surface area contributed by atoms with Crippen molar-refractivity contribution >= 4 is 27.5 Å². The van der Waals surface area contributed by atoms with E-state index in [-0.39, 0.29) is 18.1 Å². The lowest BCUT2D eigenvalue weighted by molar-refractivity contribution is -0.0325. The summed E-state index contributed by atoms with van der Waals surface area (Å²) in [5, 5.41) is 4.03. The lowest BCUT2D eigenvalue weighted by Gasteiger charge is -2.33. The van der Waals surface area contributed by atoms with Gasteiger partial charge in [-0.1, -0.05) is 24.3 Å². The van der Waals surface area contributed by atoms with Crippen molar-refractivity contribution in [2.75, 3.05) is 26.8 Å². The molecule has 6 nitrogen and oxygen atoms in total. The first-order chi connectivity index (χ1) is 15.0. The fraction of sp³-hybridized carbons (Fsp3) is 0.417. The van der Waals surface area contributed by atoms with Crippen molar-refractivity contribution in [1.82, 2.24) is 15.2 Å². The number of hydrogen-bond acceptors (Lipinski definition) is 6. The van der Waals surface area contributed by atoms with Crippen LogP contribution in [0.15, 0.2) is 36.5 Å². The van der Waals surface area contributed by atoms with Crippen LogP contribution in [0.2, 0.25) is 0 Å². The van der Waals surface area contributed by atoms with Gasteiger partial charge in [-0.25, -0.2) is 4.98 Å². The van der Waals surface area contributed by atoms with Gasteiger partial charge >= 0.3 is 0 Å². The predicted octanol–water partition coefficient (Wildman–Crippen LogP) is 4.33. The van der Waals surface area contributed by atoms with E-state index in [9.17, 15) is 4.79 Å². The van der Waals surface area contributed by atoms with Gasteiger partial charge in [0.05, 0.1) is 19.8 Å². The average molecular weight is 440 g/mol. The molecular formula is C24H29N3O3S. The molecule has 1 aliphatic heterocycles. The molecule has 3 heterocycles. The minimum atomic E-state index is -0.185. The van der Waals surface area contributed by atoms with Crippen LogP contribution in [-0.2, 0) is 11.3 Å². The highest BCUT2D eigenvalue weighted by atomic mass is 32.1. The summed E-state index contributed by atoms with van der Waals surface area (Å²) >= 11 is 1.44. The Bertz CT molecular complexity index is 1080. The number of carbonyl (C=O) groups excluding carboxylic acids is 1. The van der Waals surface area contributed by atoms with E-state index in [1.54, 1.807) is 13.3 Å². The van der Waals surface area contributed by atoms with Gasteiger partial charge < -0.3 is 14.8 Å². The van der Waals surface area contributed by atoms with Crippen molar-refractivity contribution in [3.05, 3.63) is 58.1 Å². The molecule has 4 rings (SSSR count). The van der Waals surface area contributed by atoms with Gasteiger partial charge in [0.2, 0.25) is 0 Å². The van der Waals surface area contributed by atoms with Gasteiger partial charge in [-0.2, -0.15) is 0 Å². The number of ether oxygens (including phenoxy) is 2. The lowest BCUT2D eigenvalue weighted by atomic mass is 10.0. The van der Waals surface area contributed by atoms with E-state index in [1.165, 1.54) is 11.3 Å². The summed E-state index contributed by atoms with van der Waals surface area (Å²) in [7, 11) is 1.72. The van der Waals surface area contributed by atoms with Crippen molar-refractivity contribution < 1.29 is 14.3 Å². The highest BCUT2D eigenvalue weighted by Gasteiger charge is 2.30. The number of aromatic nitrogens is 1. The van der Waals surface area contributed by atoms with Crippen LogP contribution in [0.25, 0.3) is 10.2 Å². The summed E-state index contributed by atoms with van der Waals surface area (Å²) in [6, 6.07) is 10.3. The van der Waals surface area contributed by atoms with Crippen LogP contribution < -0.4 is 10.1 Å². The molecule has 2 aromatic heterocycles. The summed E-state index contributed by atoms with van der Waals surface area (Å²) in [5.74, 6) is 0.877. The van der Waals surface area contributed by atoms with E-state index in [1.807, 2.05) is 26.0 Å². The number of nitrogens with zero attached hydrogens (tertiary/aromatic N) is 2. The fourth-order valence-corrected chi connectivity index (χ4v) is 5.26. The first-order valence-corrected chi connectivity index (χ1v) is 11.4. The second-order valence-electron chi connectivity index (χ2n) is 8.19. The van der Waals surface area contributed by atoms with Gasteiger partial charge in [0.25, 0.3) is 5.91 Å². The van der Waals surface area contributed by atoms with E-state index in [0.29, 0.717) is 18.0 Å². The van der Waals surface area contributed by atoms with Gasteiger partial charge in [0.15, 0.2) is 0 Å². The molecule has 31 heavy (non-hydrogen) atoms. The molecule has 7 heteroatoms. The zero-order valence-corrected chi connectivity index (χ0v) is 19.3. The summed E-state index contributed by atoms with van der Waals surface area (Å²) in [6.45, 7) is 8.93. The number of para-hydroxylation sites is 1. The van der Waals surface area contributed by atoms with Gasteiger partial charge in [-0.05, 0) is 32.4 Å². The van der Waals surface area contributed by atoms with Crippen molar-refractivity contribution in [2.45, 2.75) is 39.5 Å². The van der Waals surface area contributed by atoms with Crippen molar-refractivity contribution in [1.29, 1.82) is 0 Å². The Labute approximate surface area is 187 Å². The maximum Gasteiger partial charge on any atom is 0.262 e. The molecule has 1 atom stereocenters. The number of hydrogen-bond donors (Lipinski definition) is 1. The van der Waals surface area contributed by atoms with Crippen LogP contribution in [-0.4, -0.2) is 48.6 Å². The van der Waals surface area contributed by atoms with Crippen LogP contribution in [0.5, 0.6) is 5.75 Å². The maximum atomic E-state index is 13.0. The SMILES string of the molecule is COc1c(C)cccc1CN1CCO[C@@H](c2c(C(=O)NC(C)C)sc3ncccc23)C1. The number of methoxy groups -OCH3 is 1.